The molecular formula is C32H46N2O6S. The standard InChI is InChI=1S/C32H46N2O6S/c1-35-16-18-37-23-39-30-28(20-25-10-6-4-7-11-25)33-32(41-3)34(22-27-14-15-27)29(21-26-12-8-5-9-13-26)31(30)40-24-38-19-17-36-2/h4-13,27-31H,14-24H2,1-3H3. The molecule has 1 heterocycles. The van der Waals surface area contributed by atoms with Crippen molar-refractivity contribution in [3.05, 3.63) is 71.8 Å². The first-order valence-electron chi connectivity index (χ1n) is 14.6. The zero-order chi connectivity index (χ0) is 28.7. The zero-order valence-electron chi connectivity index (χ0n) is 24.7. The summed E-state index contributed by atoms with van der Waals surface area (Å²) in [6, 6.07) is 21.0. The number of amidine groups is 1. The molecule has 1 fully saturated rings. The number of aliphatic imine (C=N–C) groups is 1. The van der Waals surface area contributed by atoms with E-state index in [9.17, 15) is 0 Å². The highest BCUT2D eigenvalue weighted by molar-refractivity contribution is 8.13. The summed E-state index contributed by atoms with van der Waals surface area (Å²) in [6.07, 6.45) is 5.49. The largest absolute Gasteiger partial charge is 0.382 e. The van der Waals surface area contributed by atoms with Gasteiger partial charge in [-0.05, 0) is 49.0 Å². The molecule has 0 saturated heterocycles. The fraction of sp³-hybridized carbons (Fsp3) is 0.594. The smallest absolute Gasteiger partial charge is 0.159 e. The van der Waals surface area contributed by atoms with Crippen molar-refractivity contribution < 1.29 is 28.4 Å². The Kier molecular flexibility index (Phi) is 13.9. The van der Waals surface area contributed by atoms with Crippen molar-refractivity contribution in [2.24, 2.45) is 10.9 Å². The molecule has 2 aromatic carbocycles. The van der Waals surface area contributed by atoms with Gasteiger partial charge in [-0.15, -0.1) is 0 Å². The van der Waals surface area contributed by atoms with Crippen LogP contribution in [0.5, 0.6) is 0 Å². The van der Waals surface area contributed by atoms with E-state index < -0.39 is 0 Å². The number of hydrogen-bond donors (Lipinski definition) is 0. The van der Waals surface area contributed by atoms with Crippen molar-refractivity contribution >= 4 is 16.9 Å². The molecule has 4 rings (SSSR count). The average molecular weight is 587 g/mol. The molecule has 226 valence electrons. The summed E-state index contributed by atoms with van der Waals surface area (Å²) in [7, 11) is 3.34. The normalized spacial score (nSPS) is 22.9. The molecule has 2 aliphatic rings. The van der Waals surface area contributed by atoms with Gasteiger partial charge in [-0.1, -0.05) is 72.4 Å². The first-order chi connectivity index (χ1) is 20.2. The van der Waals surface area contributed by atoms with Crippen molar-refractivity contribution in [1.29, 1.82) is 0 Å². The minimum Gasteiger partial charge on any atom is -0.382 e. The van der Waals surface area contributed by atoms with E-state index in [0.29, 0.717) is 32.3 Å². The second-order valence-electron chi connectivity index (χ2n) is 10.5. The molecule has 0 N–H and O–H groups in total. The summed E-state index contributed by atoms with van der Waals surface area (Å²) in [5.41, 5.74) is 2.46. The second kappa shape index (κ2) is 17.9. The molecule has 1 aliphatic heterocycles. The maximum Gasteiger partial charge on any atom is 0.159 e. The quantitative estimate of drug-likeness (QED) is 0.185. The van der Waals surface area contributed by atoms with Crippen LogP contribution in [0.3, 0.4) is 0 Å². The van der Waals surface area contributed by atoms with Crippen LogP contribution in [-0.2, 0) is 41.3 Å². The van der Waals surface area contributed by atoms with Crippen LogP contribution in [0.2, 0.25) is 0 Å². The second-order valence-corrected chi connectivity index (χ2v) is 11.3. The third-order valence-corrected chi connectivity index (χ3v) is 8.17. The van der Waals surface area contributed by atoms with Crippen LogP contribution in [0.15, 0.2) is 65.7 Å². The van der Waals surface area contributed by atoms with E-state index in [0.717, 1.165) is 24.6 Å². The van der Waals surface area contributed by atoms with Gasteiger partial charge < -0.3 is 33.3 Å². The topological polar surface area (TPSA) is 71.0 Å². The molecule has 0 bridgehead atoms. The van der Waals surface area contributed by atoms with E-state index in [1.165, 1.54) is 24.0 Å². The number of ether oxygens (including phenoxy) is 6. The van der Waals surface area contributed by atoms with E-state index in [-0.39, 0.29) is 37.9 Å². The number of nitrogens with zero attached hydrogens (tertiary/aromatic N) is 2. The fourth-order valence-electron chi connectivity index (χ4n) is 5.18. The molecule has 0 spiro atoms. The Balaban J connectivity index is 1.70. The van der Waals surface area contributed by atoms with Crippen molar-refractivity contribution in [3.63, 3.8) is 0 Å². The SMILES string of the molecule is COCCOCOC1C(Cc2ccccc2)N=C(SC)N(CC2CC2)C(Cc2ccccc2)C1OCOCCOC. The number of methoxy groups -OCH3 is 2. The molecule has 9 heteroatoms. The van der Waals surface area contributed by atoms with Crippen molar-refractivity contribution in [2.45, 2.75) is 50.0 Å². The Bertz CT molecular complexity index is 1010. The first-order valence-corrected chi connectivity index (χ1v) is 15.8. The van der Waals surface area contributed by atoms with Gasteiger partial charge in [0.15, 0.2) is 5.17 Å². The van der Waals surface area contributed by atoms with Gasteiger partial charge in [-0.2, -0.15) is 0 Å². The highest BCUT2D eigenvalue weighted by Gasteiger charge is 2.45. The van der Waals surface area contributed by atoms with Gasteiger partial charge in [-0.3, -0.25) is 4.99 Å². The van der Waals surface area contributed by atoms with E-state index in [4.69, 9.17) is 33.4 Å². The molecule has 1 saturated carbocycles. The maximum atomic E-state index is 6.67. The number of hydrogen-bond acceptors (Lipinski definition) is 9. The van der Waals surface area contributed by atoms with E-state index in [1.54, 1.807) is 26.0 Å². The molecule has 1 aliphatic carbocycles. The lowest BCUT2D eigenvalue weighted by molar-refractivity contribution is -0.187. The van der Waals surface area contributed by atoms with Gasteiger partial charge in [0.1, 0.15) is 25.8 Å². The Labute approximate surface area is 249 Å². The third kappa shape index (κ3) is 10.4. The lowest BCUT2D eigenvalue weighted by Crippen LogP contribution is -2.54. The van der Waals surface area contributed by atoms with Crippen LogP contribution in [0.4, 0.5) is 0 Å². The van der Waals surface area contributed by atoms with Gasteiger partial charge in [0.2, 0.25) is 0 Å². The molecule has 0 radical (unpaired) electrons. The maximum absolute atomic E-state index is 6.67. The van der Waals surface area contributed by atoms with Gasteiger partial charge in [-0.25, -0.2) is 0 Å². The molecule has 8 nitrogen and oxygen atoms in total. The fourth-order valence-corrected chi connectivity index (χ4v) is 5.86. The summed E-state index contributed by atoms with van der Waals surface area (Å²) in [5, 5.41) is 1.04. The van der Waals surface area contributed by atoms with Crippen LogP contribution in [0.25, 0.3) is 0 Å². The van der Waals surface area contributed by atoms with Gasteiger partial charge >= 0.3 is 0 Å². The monoisotopic (exact) mass is 586 g/mol. The molecule has 0 aromatic heterocycles. The highest BCUT2D eigenvalue weighted by Crippen LogP contribution is 2.36. The van der Waals surface area contributed by atoms with Crippen LogP contribution >= 0.6 is 11.8 Å². The molecular weight excluding hydrogens is 540 g/mol. The van der Waals surface area contributed by atoms with Gasteiger partial charge in [0.05, 0.1) is 38.5 Å². The first kappa shape index (κ1) is 31.9. The van der Waals surface area contributed by atoms with Gasteiger partial charge in [0, 0.05) is 20.8 Å². The average Bonchev–Trinajstić information content (AvgIpc) is 3.84. The molecule has 4 atom stereocenters. The molecule has 41 heavy (non-hydrogen) atoms. The summed E-state index contributed by atoms with van der Waals surface area (Å²) in [5.74, 6) is 0.673. The summed E-state index contributed by atoms with van der Waals surface area (Å²) >= 11 is 1.71. The van der Waals surface area contributed by atoms with E-state index in [1.807, 2.05) is 6.07 Å². The Morgan fingerprint density at radius 2 is 1.32 bits per heavy atom. The predicted octanol–water partition coefficient (Wildman–Crippen LogP) is 4.67. The third-order valence-electron chi connectivity index (χ3n) is 7.47. The lowest BCUT2D eigenvalue weighted by atomic mass is 9.91. The zero-order valence-corrected chi connectivity index (χ0v) is 25.5. The molecule has 4 unspecified atom stereocenters. The van der Waals surface area contributed by atoms with Crippen molar-refractivity contribution in [3.8, 4) is 0 Å². The van der Waals surface area contributed by atoms with E-state index >= 15 is 0 Å². The minimum absolute atomic E-state index is 0.0000244. The molecule has 0 amide bonds. The van der Waals surface area contributed by atoms with E-state index in [2.05, 4.69) is 65.8 Å². The van der Waals surface area contributed by atoms with Crippen molar-refractivity contribution in [1.82, 2.24) is 4.90 Å². The van der Waals surface area contributed by atoms with Gasteiger partial charge in [0.25, 0.3) is 0 Å². The molecule has 2 aromatic rings. The summed E-state index contributed by atoms with van der Waals surface area (Å²) in [4.78, 5) is 7.90. The van der Waals surface area contributed by atoms with Crippen LogP contribution in [0.1, 0.15) is 24.0 Å². The van der Waals surface area contributed by atoms with Crippen molar-refractivity contribution in [2.75, 3.05) is 67.0 Å². The lowest BCUT2D eigenvalue weighted by Gasteiger charge is -2.39. The van der Waals surface area contributed by atoms with Crippen LogP contribution in [-0.4, -0.2) is 101 Å². The Hall–Kier alpha value is -1.98. The van der Waals surface area contributed by atoms with Crippen LogP contribution < -0.4 is 0 Å². The highest BCUT2D eigenvalue weighted by atomic mass is 32.2. The number of benzene rings is 2. The summed E-state index contributed by atoms with van der Waals surface area (Å²) in [6.45, 7) is 3.18. The summed E-state index contributed by atoms with van der Waals surface area (Å²) < 4.78 is 35.3. The minimum atomic E-state index is -0.358. The predicted molar refractivity (Wildman–Crippen MR) is 163 cm³/mol. The van der Waals surface area contributed by atoms with Crippen LogP contribution in [0, 0.1) is 5.92 Å². The number of thioether (sulfide) groups is 1. The Morgan fingerprint density at radius 1 is 0.756 bits per heavy atom. The Morgan fingerprint density at radius 3 is 1.85 bits per heavy atom. The number of rotatable bonds is 18.